The lowest BCUT2D eigenvalue weighted by Gasteiger charge is -2.15. The second-order valence-corrected chi connectivity index (χ2v) is 9.91. The highest BCUT2D eigenvalue weighted by Gasteiger charge is 2.32. The van der Waals surface area contributed by atoms with E-state index < -0.39 is 12.1 Å². The first-order chi connectivity index (χ1) is 16.5. The van der Waals surface area contributed by atoms with E-state index in [-0.39, 0.29) is 36.5 Å². The summed E-state index contributed by atoms with van der Waals surface area (Å²) >= 11 is 1.42. The molecule has 2 aromatic rings. The molecule has 2 aliphatic rings. The number of hydrogen-bond donors (Lipinski definition) is 3. The van der Waals surface area contributed by atoms with E-state index in [2.05, 4.69) is 34.9 Å². The first kappa shape index (κ1) is 24.1. The number of hydrogen-bond acceptors (Lipinski definition) is 5. The molecule has 7 nitrogen and oxygen atoms in total. The largest absolute Gasteiger partial charge is 0.481 e. The van der Waals surface area contributed by atoms with Crippen LogP contribution in [0.15, 0.2) is 48.5 Å². The average Bonchev–Trinajstić information content (AvgIpc) is 3.63. The van der Waals surface area contributed by atoms with Crippen LogP contribution in [-0.2, 0) is 14.3 Å². The van der Waals surface area contributed by atoms with Crippen molar-refractivity contribution >= 4 is 29.7 Å². The van der Waals surface area contributed by atoms with Crippen molar-refractivity contribution in [2.45, 2.75) is 25.2 Å². The summed E-state index contributed by atoms with van der Waals surface area (Å²) in [5.74, 6) is 0.390. The fourth-order valence-corrected chi connectivity index (χ4v) is 5.21. The van der Waals surface area contributed by atoms with Crippen LogP contribution in [0.4, 0.5) is 4.79 Å². The van der Waals surface area contributed by atoms with Gasteiger partial charge in [-0.3, -0.25) is 9.59 Å². The van der Waals surface area contributed by atoms with E-state index in [1.807, 2.05) is 24.3 Å². The summed E-state index contributed by atoms with van der Waals surface area (Å²) < 4.78 is 5.51. The van der Waals surface area contributed by atoms with E-state index in [9.17, 15) is 14.4 Å². The molecule has 1 unspecified atom stereocenters. The predicted octanol–water partition coefficient (Wildman–Crippen LogP) is 3.88. The number of thioether (sulfide) groups is 1. The Labute approximate surface area is 203 Å². The maximum Gasteiger partial charge on any atom is 0.407 e. The van der Waals surface area contributed by atoms with Gasteiger partial charge in [-0.25, -0.2) is 4.79 Å². The number of carbonyl (C=O) groups is 3. The molecule has 0 bridgehead atoms. The van der Waals surface area contributed by atoms with E-state index in [4.69, 9.17) is 9.84 Å². The predicted molar refractivity (Wildman–Crippen MR) is 132 cm³/mol. The number of alkyl carbamates (subject to hydrolysis) is 1. The number of amides is 2. The van der Waals surface area contributed by atoms with Gasteiger partial charge in [0.15, 0.2) is 0 Å². The van der Waals surface area contributed by atoms with Crippen LogP contribution in [0, 0.1) is 11.8 Å². The molecule has 8 heteroatoms. The highest BCUT2D eigenvalue weighted by atomic mass is 32.2. The summed E-state index contributed by atoms with van der Waals surface area (Å²) in [6.45, 7) is 1.08. The van der Waals surface area contributed by atoms with Crippen molar-refractivity contribution in [1.29, 1.82) is 0 Å². The second kappa shape index (κ2) is 11.4. The molecule has 4 rings (SSSR count). The molecule has 3 N–H and O–H groups in total. The maximum atomic E-state index is 12.2. The Kier molecular flexibility index (Phi) is 8.11. The lowest BCUT2D eigenvalue weighted by atomic mass is 9.98. The molecule has 2 aliphatic carbocycles. The lowest BCUT2D eigenvalue weighted by molar-refractivity contribution is -0.138. The third-order valence-electron chi connectivity index (χ3n) is 6.38. The number of rotatable bonds is 12. The first-order valence-electron chi connectivity index (χ1n) is 11.7. The quantitative estimate of drug-likeness (QED) is 0.397. The van der Waals surface area contributed by atoms with Gasteiger partial charge in [-0.15, -0.1) is 0 Å². The van der Waals surface area contributed by atoms with E-state index in [0.29, 0.717) is 24.8 Å². The third-order valence-corrected chi connectivity index (χ3v) is 7.34. The SMILES string of the molecule is O=C(O)CC(CNC(=O)CSCCNC(=O)OCC1c2ccccc2-c2ccccc21)C1CC1. The molecule has 180 valence electrons. The molecular weight excluding hydrogens is 452 g/mol. The summed E-state index contributed by atoms with van der Waals surface area (Å²) in [6.07, 6.45) is 1.73. The van der Waals surface area contributed by atoms with Gasteiger partial charge >= 0.3 is 12.1 Å². The monoisotopic (exact) mass is 482 g/mol. The highest BCUT2D eigenvalue weighted by molar-refractivity contribution is 7.99. The van der Waals surface area contributed by atoms with Crippen LogP contribution in [0.2, 0.25) is 0 Å². The molecule has 0 aromatic heterocycles. The Balaban J connectivity index is 1.12. The summed E-state index contributed by atoms with van der Waals surface area (Å²) in [5.41, 5.74) is 4.72. The van der Waals surface area contributed by atoms with Crippen molar-refractivity contribution in [3.05, 3.63) is 59.7 Å². The Morgan fingerprint density at radius 2 is 1.65 bits per heavy atom. The highest BCUT2D eigenvalue weighted by Crippen LogP contribution is 2.44. The minimum absolute atomic E-state index is 0.0154. The zero-order chi connectivity index (χ0) is 23.9. The van der Waals surface area contributed by atoms with Crippen molar-refractivity contribution < 1.29 is 24.2 Å². The summed E-state index contributed by atoms with van der Waals surface area (Å²) in [7, 11) is 0. The average molecular weight is 483 g/mol. The molecule has 0 heterocycles. The van der Waals surface area contributed by atoms with Gasteiger partial charge in [0.05, 0.1) is 12.2 Å². The molecule has 0 aliphatic heterocycles. The van der Waals surface area contributed by atoms with Gasteiger partial charge in [0.1, 0.15) is 6.61 Å². The van der Waals surface area contributed by atoms with E-state index in [1.54, 1.807) is 0 Å². The van der Waals surface area contributed by atoms with E-state index >= 15 is 0 Å². The van der Waals surface area contributed by atoms with Crippen LogP contribution in [0.25, 0.3) is 11.1 Å². The number of benzene rings is 2. The number of carboxylic acids is 1. The Hall–Kier alpha value is -3.00. The molecule has 34 heavy (non-hydrogen) atoms. The molecular formula is C26H30N2O5S. The molecule has 0 saturated heterocycles. The van der Waals surface area contributed by atoms with E-state index in [0.717, 1.165) is 12.8 Å². The Morgan fingerprint density at radius 3 is 2.26 bits per heavy atom. The van der Waals surface area contributed by atoms with Crippen LogP contribution >= 0.6 is 11.8 Å². The van der Waals surface area contributed by atoms with Crippen LogP contribution < -0.4 is 10.6 Å². The molecule has 0 spiro atoms. The van der Waals surface area contributed by atoms with Crippen molar-refractivity contribution in [2.75, 3.05) is 31.2 Å². The summed E-state index contributed by atoms with van der Waals surface area (Å²) in [4.78, 5) is 35.2. The number of nitrogens with one attached hydrogen (secondary N) is 2. The molecule has 1 atom stereocenters. The van der Waals surface area contributed by atoms with Gasteiger partial charge in [-0.05, 0) is 46.9 Å². The van der Waals surface area contributed by atoms with Gasteiger partial charge in [-0.1, -0.05) is 48.5 Å². The number of aliphatic carboxylic acids is 1. The van der Waals surface area contributed by atoms with Crippen molar-refractivity contribution in [1.82, 2.24) is 10.6 Å². The molecule has 0 radical (unpaired) electrons. The number of carboxylic acid groups (broad SMARTS) is 1. The molecule has 1 saturated carbocycles. The van der Waals surface area contributed by atoms with Gasteiger partial charge in [0.2, 0.25) is 5.91 Å². The van der Waals surface area contributed by atoms with Crippen LogP contribution in [-0.4, -0.2) is 54.3 Å². The molecule has 1 fully saturated rings. The van der Waals surface area contributed by atoms with E-state index in [1.165, 1.54) is 34.0 Å². The fraction of sp³-hybridized carbons (Fsp3) is 0.423. The second-order valence-electron chi connectivity index (χ2n) is 8.80. The number of ether oxygens (including phenoxy) is 1. The Morgan fingerprint density at radius 1 is 1.00 bits per heavy atom. The Bertz CT molecular complexity index is 994. The van der Waals surface area contributed by atoms with Gasteiger partial charge < -0.3 is 20.5 Å². The van der Waals surface area contributed by atoms with Gasteiger partial charge in [0, 0.05) is 24.8 Å². The molecule has 2 amide bonds. The van der Waals surface area contributed by atoms with Crippen molar-refractivity contribution in [3.63, 3.8) is 0 Å². The summed E-state index contributed by atoms with van der Waals surface area (Å²) in [5, 5.41) is 14.6. The third kappa shape index (κ3) is 6.32. The fourth-order valence-electron chi connectivity index (χ4n) is 4.53. The topological polar surface area (TPSA) is 105 Å². The van der Waals surface area contributed by atoms with Crippen LogP contribution in [0.5, 0.6) is 0 Å². The smallest absolute Gasteiger partial charge is 0.407 e. The van der Waals surface area contributed by atoms with Crippen LogP contribution in [0.1, 0.15) is 36.3 Å². The zero-order valence-electron chi connectivity index (χ0n) is 19.0. The maximum absolute atomic E-state index is 12.2. The van der Waals surface area contributed by atoms with Crippen molar-refractivity contribution in [3.8, 4) is 11.1 Å². The van der Waals surface area contributed by atoms with Gasteiger partial charge in [-0.2, -0.15) is 11.8 Å². The van der Waals surface area contributed by atoms with Crippen LogP contribution in [0.3, 0.4) is 0 Å². The summed E-state index contributed by atoms with van der Waals surface area (Å²) in [6, 6.07) is 16.4. The first-order valence-corrected chi connectivity index (χ1v) is 12.8. The van der Waals surface area contributed by atoms with Crippen molar-refractivity contribution in [2.24, 2.45) is 11.8 Å². The standard InChI is InChI=1S/C26H30N2O5S/c29-24(28-14-18(13-25(30)31)17-9-10-17)16-34-12-11-27-26(32)33-15-23-21-7-3-1-5-19(21)20-6-2-4-8-22(20)23/h1-8,17-18,23H,9-16H2,(H,27,32)(H,28,29)(H,30,31). The minimum Gasteiger partial charge on any atom is -0.481 e. The lowest BCUT2D eigenvalue weighted by Crippen LogP contribution is -2.33. The molecule has 2 aromatic carbocycles. The van der Waals surface area contributed by atoms with Gasteiger partial charge in [0.25, 0.3) is 0 Å². The number of carbonyl (C=O) groups excluding carboxylic acids is 2. The minimum atomic E-state index is -0.820. The normalized spacial score (nSPS) is 15.2. The number of fused-ring (bicyclic) bond motifs is 3. The zero-order valence-corrected chi connectivity index (χ0v) is 19.8.